The maximum absolute atomic E-state index is 6.20. The van der Waals surface area contributed by atoms with E-state index in [9.17, 15) is 0 Å². The van der Waals surface area contributed by atoms with Gasteiger partial charge in [-0.15, -0.1) is 18.3 Å². The molecule has 1 nitrogen and oxygen atoms in total. The average Bonchev–Trinajstić information content (AvgIpc) is 2.46. The lowest BCUT2D eigenvalue weighted by Gasteiger charge is -2.17. The lowest BCUT2D eigenvalue weighted by molar-refractivity contribution is 0.502. The molecule has 0 radical (unpaired) electrons. The Hall–Kier alpha value is -0.440. The zero-order chi connectivity index (χ0) is 14.6. The molecule has 0 aliphatic rings. The van der Waals surface area contributed by atoms with E-state index in [0.717, 1.165) is 23.7 Å². The molecule has 0 amide bonds. The van der Waals surface area contributed by atoms with Gasteiger partial charge in [0.25, 0.3) is 0 Å². The number of halogens is 1. The number of thioether (sulfide) groups is 1. The Balaban J connectivity index is 2.31. The van der Waals surface area contributed by atoms with Crippen LogP contribution < -0.4 is 5.32 Å². The fourth-order valence-corrected chi connectivity index (χ4v) is 3.49. The lowest BCUT2D eigenvalue weighted by Crippen LogP contribution is -2.31. The van der Waals surface area contributed by atoms with Crippen molar-refractivity contribution in [2.75, 3.05) is 12.3 Å². The first-order valence-corrected chi connectivity index (χ1v) is 8.86. The van der Waals surface area contributed by atoms with Crippen LogP contribution in [-0.4, -0.2) is 18.3 Å². The molecule has 0 saturated heterocycles. The Morgan fingerprint density at radius 1 is 1.30 bits per heavy atom. The smallest absolute Gasteiger partial charge is 0.0541 e. The molecule has 0 heterocycles. The monoisotopic (exact) mass is 311 g/mol. The second-order valence-corrected chi connectivity index (χ2v) is 6.39. The summed E-state index contributed by atoms with van der Waals surface area (Å²) in [6.45, 7) is 6.97. The summed E-state index contributed by atoms with van der Waals surface area (Å²) >= 11 is 8.05. The van der Waals surface area contributed by atoms with Crippen molar-refractivity contribution in [2.24, 2.45) is 0 Å². The summed E-state index contributed by atoms with van der Waals surface area (Å²) in [6.07, 6.45) is 8.23. The van der Waals surface area contributed by atoms with Gasteiger partial charge in [0.1, 0.15) is 0 Å². The number of hydrogen-bond acceptors (Lipinski definition) is 2. The third kappa shape index (κ3) is 7.37. The van der Waals surface area contributed by atoms with Crippen LogP contribution in [0.2, 0.25) is 5.02 Å². The Morgan fingerprint density at radius 2 is 2.10 bits per heavy atom. The van der Waals surface area contributed by atoms with Crippen LogP contribution in [0.15, 0.2) is 41.8 Å². The van der Waals surface area contributed by atoms with Gasteiger partial charge in [0.2, 0.25) is 0 Å². The van der Waals surface area contributed by atoms with Crippen molar-refractivity contribution in [1.29, 1.82) is 0 Å². The summed E-state index contributed by atoms with van der Waals surface area (Å²) in [7, 11) is 0. The van der Waals surface area contributed by atoms with Crippen molar-refractivity contribution in [1.82, 2.24) is 5.32 Å². The highest BCUT2D eigenvalue weighted by Crippen LogP contribution is 2.27. The Kier molecular flexibility index (Phi) is 9.90. The predicted molar refractivity (Wildman–Crippen MR) is 92.9 cm³/mol. The first-order chi connectivity index (χ1) is 9.77. The van der Waals surface area contributed by atoms with Gasteiger partial charge in [-0.25, -0.2) is 0 Å². The summed E-state index contributed by atoms with van der Waals surface area (Å²) in [5.74, 6) is 1.08. The van der Waals surface area contributed by atoms with Crippen molar-refractivity contribution in [3.63, 3.8) is 0 Å². The van der Waals surface area contributed by atoms with Crippen molar-refractivity contribution >= 4 is 23.4 Å². The largest absolute Gasteiger partial charge is 0.313 e. The molecule has 0 bridgehead atoms. The minimum Gasteiger partial charge on any atom is -0.313 e. The molecule has 3 heteroatoms. The molecule has 1 aromatic carbocycles. The molecule has 20 heavy (non-hydrogen) atoms. The molecule has 0 spiro atoms. The molecule has 0 fully saturated rings. The third-order valence-corrected chi connectivity index (χ3v) is 4.91. The second kappa shape index (κ2) is 11.2. The topological polar surface area (TPSA) is 12.0 Å². The number of unbranched alkanes of at least 4 members (excludes halogenated alkanes) is 3. The molecule has 1 rings (SSSR count). The first kappa shape index (κ1) is 17.6. The van der Waals surface area contributed by atoms with E-state index in [1.807, 2.05) is 36.0 Å². The standard InChI is InChI=1S/C17H26ClNS/c1-3-5-6-7-8-11-15(19-4-2)14-20-17-13-10-9-12-16(17)18/h3,9-10,12-13,15,19H,1,4-8,11,14H2,2H3. The summed E-state index contributed by atoms with van der Waals surface area (Å²) in [4.78, 5) is 1.18. The van der Waals surface area contributed by atoms with Crippen LogP contribution in [0, 0.1) is 0 Å². The van der Waals surface area contributed by atoms with Crippen LogP contribution in [0.3, 0.4) is 0 Å². The van der Waals surface area contributed by atoms with Crippen molar-refractivity contribution in [3.8, 4) is 0 Å². The van der Waals surface area contributed by atoms with E-state index in [1.165, 1.54) is 30.6 Å². The summed E-state index contributed by atoms with van der Waals surface area (Å²) in [6, 6.07) is 8.66. The van der Waals surface area contributed by atoms with Gasteiger partial charge in [-0.2, -0.15) is 0 Å². The van der Waals surface area contributed by atoms with Crippen molar-refractivity contribution in [2.45, 2.75) is 50.0 Å². The molecular weight excluding hydrogens is 286 g/mol. The van der Waals surface area contributed by atoms with Gasteiger partial charge in [0, 0.05) is 16.7 Å². The zero-order valence-corrected chi connectivity index (χ0v) is 14.0. The van der Waals surface area contributed by atoms with Crippen LogP contribution in [-0.2, 0) is 0 Å². The fraction of sp³-hybridized carbons (Fsp3) is 0.529. The number of nitrogens with one attached hydrogen (secondary N) is 1. The van der Waals surface area contributed by atoms with Gasteiger partial charge in [0.15, 0.2) is 0 Å². The van der Waals surface area contributed by atoms with Crippen LogP contribution in [0.4, 0.5) is 0 Å². The Labute approximate surface area is 133 Å². The Bertz CT molecular complexity index is 381. The SMILES string of the molecule is C=CCCCCCC(CSc1ccccc1Cl)NCC. The highest BCUT2D eigenvalue weighted by Gasteiger charge is 2.09. The molecule has 1 N–H and O–H groups in total. The van der Waals surface area contributed by atoms with E-state index < -0.39 is 0 Å². The van der Waals surface area contributed by atoms with Gasteiger partial charge in [-0.05, 0) is 37.9 Å². The van der Waals surface area contributed by atoms with Gasteiger partial charge < -0.3 is 5.32 Å². The minimum absolute atomic E-state index is 0.574. The molecule has 0 aliphatic carbocycles. The molecule has 1 unspecified atom stereocenters. The normalized spacial score (nSPS) is 12.3. The van der Waals surface area contributed by atoms with E-state index in [2.05, 4.69) is 24.9 Å². The van der Waals surface area contributed by atoms with Crippen LogP contribution in [0.5, 0.6) is 0 Å². The maximum atomic E-state index is 6.20. The summed E-state index contributed by atoms with van der Waals surface area (Å²) in [5, 5.41) is 4.44. The third-order valence-electron chi connectivity index (χ3n) is 3.23. The molecule has 112 valence electrons. The molecular formula is C17H26ClNS. The number of benzene rings is 1. The van der Waals surface area contributed by atoms with E-state index in [4.69, 9.17) is 11.6 Å². The Morgan fingerprint density at radius 3 is 2.80 bits per heavy atom. The maximum Gasteiger partial charge on any atom is 0.0541 e. The number of rotatable bonds is 11. The highest BCUT2D eigenvalue weighted by atomic mass is 35.5. The molecule has 0 aromatic heterocycles. The van der Waals surface area contributed by atoms with E-state index in [1.54, 1.807) is 0 Å². The van der Waals surface area contributed by atoms with E-state index in [0.29, 0.717) is 6.04 Å². The highest BCUT2D eigenvalue weighted by molar-refractivity contribution is 7.99. The quantitative estimate of drug-likeness (QED) is 0.327. The number of hydrogen-bond donors (Lipinski definition) is 1. The fourth-order valence-electron chi connectivity index (χ4n) is 2.14. The van der Waals surface area contributed by atoms with Crippen LogP contribution >= 0.6 is 23.4 Å². The second-order valence-electron chi connectivity index (χ2n) is 4.92. The predicted octanol–water partition coefficient (Wildman–Crippen LogP) is 5.55. The molecule has 1 atom stereocenters. The van der Waals surface area contributed by atoms with Gasteiger partial charge in [-0.1, -0.05) is 49.6 Å². The van der Waals surface area contributed by atoms with Crippen molar-refractivity contribution < 1.29 is 0 Å². The van der Waals surface area contributed by atoms with E-state index in [-0.39, 0.29) is 0 Å². The van der Waals surface area contributed by atoms with Gasteiger partial charge in [0.05, 0.1) is 5.02 Å². The summed E-state index contributed by atoms with van der Waals surface area (Å²) < 4.78 is 0. The van der Waals surface area contributed by atoms with Gasteiger partial charge in [-0.3, -0.25) is 0 Å². The van der Waals surface area contributed by atoms with Gasteiger partial charge >= 0.3 is 0 Å². The van der Waals surface area contributed by atoms with E-state index >= 15 is 0 Å². The van der Waals surface area contributed by atoms with Crippen molar-refractivity contribution in [3.05, 3.63) is 41.9 Å². The molecule has 1 aromatic rings. The first-order valence-electron chi connectivity index (χ1n) is 7.49. The minimum atomic E-state index is 0.574. The zero-order valence-electron chi connectivity index (χ0n) is 12.4. The lowest BCUT2D eigenvalue weighted by atomic mass is 10.1. The van der Waals surface area contributed by atoms with Crippen LogP contribution in [0.25, 0.3) is 0 Å². The average molecular weight is 312 g/mol. The van der Waals surface area contributed by atoms with Crippen LogP contribution in [0.1, 0.15) is 39.0 Å². The number of allylic oxidation sites excluding steroid dienone is 1. The molecule has 0 saturated carbocycles. The summed E-state index contributed by atoms with van der Waals surface area (Å²) in [5.41, 5.74) is 0. The molecule has 0 aliphatic heterocycles.